The standard InChI is InChI=1S/C19H20N4O4S/c24-18(20-13-3-1-2-4-13)12-5-7-14(8-6-12)23-28(26,27)15-9-10-16-17(11-15)22-19(25)21-16/h5-11,13,23H,1-4H2,(H,20,24)(H2,21,22,25). The fourth-order valence-corrected chi connectivity index (χ4v) is 4.51. The first-order valence-corrected chi connectivity index (χ1v) is 10.5. The molecule has 28 heavy (non-hydrogen) atoms. The Balaban J connectivity index is 1.49. The number of carbonyl (C=O) groups is 1. The van der Waals surface area contributed by atoms with Gasteiger partial charge in [-0.05, 0) is 55.3 Å². The van der Waals surface area contributed by atoms with Gasteiger partial charge in [0.25, 0.3) is 15.9 Å². The van der Waals surface area contributed by atoms with E-state index in [0.29, 0.717) is 22.3 Å². The zero-order valence-corrected chi connectivity index (χ0v) is 15.8. The normalized spacial score (nSPS) is 15.0. The molecule has 1 aromatic heterocycles. The van der Waals surface area contributed by atoms with E-state index >= 15 is 0 Å². The second-order valence-corrected chi connectivity index (χ2v) is 8.61. The lowest BCUT2D eigenvalue weighted by Gasteiger charge is -2.12. The van der Waals surface area contributed by atoms with Crippen molar-refractivity contribution in [2.45, 2.75) is 36.6 Å². The predicted octanol–water partition coefficient (Wildman–Crippen LogP) is 2.33. The Labute approximate surface area is 161 Å². The molecule has 2 aromatic carbocycles. The van der Waals surface area contributed by atoms with E-state index < -0.39 is 15.7 Å². The molecule has 1 fully saturated rings. The van der Waals surface area contributed by atoms with E-state index in [9.17, 15) is 18.0 Å². The van der Waals surface area contributed by atoms with Gasteiger partial charge in [-0.1, -0.05) is 12.8 Å². The number of imidazole rings is 1. The van der Waals surface area contributed by atoms with Gasteiger partial charge in [0.15, 0.2) is 0 Å². The van der Waals surface area contributed by atoms with Crippen molar-refractivity contribution >= 4 is 32.7 Å². The second-order valence-electron chi connectivity index (χ2n) is 6.92. The van der Waals surface area contributed by atoms with E-state index in [1.54, 1.807) is 24.3 Å². The van der Waals surface area contributed by atoms with Crippen molar-refractivity contribution in [1.29, 1.82) is 0 Å². The van der Waals surface area contributed by atoms with Crippen LogP contribution in [-0.4, -0.2) is 30.3 Å². The van der Waals surface area contributed by atoms with Gasteiger partial charge in [-0.25, -0.2) is 13.2 Å². The molecule has 1 saturated carbocycles. The van der Waals surface area contributed by atoms with Crippen molar-refractivity contribution < 1.29 is 13.2 Å². The molecule has 1 aliphatic rings. The number of rotatable bonds is 5. The summed E-state index contributed by atoms with van der Waals surface area (Å²) in [7, 11) is -3.83. The van der Waals surface area contributed by atoms with E-state index in [1.165, 1.54) is 18.2 Å². The van der Waals surface area contributed by atoms with Crippen LogP contribution in [0.15, 0.2) is 52.2 Å². The first-order chi connectivity index (χ1) is 13.4. The zero-order chi connectivity index (χ0) is 19.7. The molecule has 0 atom stereocenters. The molecular formula is C19H20N4O4S. The second kappa shape index (κ2) is 7.16. The highest BCUT2D eigenvalue weighted by molar-refractivity contribution is 7.92. The van der Waals surface area contributed by atoms with Crippen LogP contribution in [0.5, 0.6) is 0 Å². The highest BCUT2D eigenvalue weighted by atomic mass is 32.2. The highest BCUT2D eigenvalue weighted by Crippen LogP contribution is 2.21. The summed E-state index contributed by atoms with van der Waals surface area (Å²) in [5.74, 6) is -0.150. The summed E-state index contributed by atoms with van der Waals surface area (Å²) in [6, 6.07) is 10.8. The Morgan fingerprint density at radius 3 is 2.36 bits per heavy atom. The molecule has 0 bridgehead atoms. The van der Waals surface area contributed by atoms with Crippen LogP contribution >= 0.6 is 0 Å². The van der Waals surface area contributed by atoms with Crippen molar-refractivity contribution in [3.63, 3.8) is 0 Å². The van der Waals surface area contributed by atoms with Gasteiger partial charge in [-0.15, -0.1) is 0 Å². The number of sulfonamides is 1. The van der Waals surface area contributed by atoms with Gasteiger partial charge < -0.3 is 15.3 Å². The Hall–Kier alpha value is -3.07. The summed E-state index contributed by atoms with van der Waals surface area (Å²) < 4.78 is 27.7. The van der Waals surface area contributed by atoms with Crippen molar-refractivity contribution in [3.8, 4) is 0 Å². The van der Waals surface area contributed by atoms with Crippen LogP contribution in [0, 0.1) is 0 Å². The van der Waals surface area contributed by atoms with Crippen LogP contribution in [0.25, 0.3) is 11.0 Å². The van der Waals surface area contributed by atoms with Gasteiger partial charge in [0.2, 0.25) is 0 Å². The Morgan fingerprint density at radius 2 is 1.64 bits per heavy atom. The molecule has 0 spiro atoms. The predicted molar refractivity (Wildman–Crippen MR) is 106 cm³/mol. The molecule has 0 aliphatic heterocycles. The highest BCUT2D eigenvalue weighted by Gasteiger charge is 2.19. The van der Waals surface area contributed by atoms with Gasteiger partial charge in [0.1, 0.15) is 0 Å². The van der Waals surface area contributed by atoms with Crippen LogP contribution in [-0.2, 0) is 10.0 Å². The number of anilines is 1. The van der Waals surface area contributed by atoms with Crippen molar-refractivity contribution in [3.05, 3.63) is 58.5 Å². The third-order valence-corrected chi connectivity index (χ3v) is 6.27. The summed E-state index contributed by atoms with van der Waals surface area (Å²) in [5.41, 5.74) is 1.37. The van der Waals surface area contributed by atoms with Crippen molar-refractivity contribution in [1.82, 2.24) is 15.3 Å². The van der Waals surface area contributed by atoms with Gasteiger partial charge in [0.05, 0.1) is 15.9 Å². The molecule has 8 nitrogen and oxygen atoms in total. The number of carbonyl (C=O) groups excluding carboxylic acids is 1. The summed E-state index contributed by atoms with van der Waals surface area (Å²) in [5, 5.41) is 3.00. The van der Waals surface area contributed by atoms with Crippen LogP contribution < -0.4 is 15.7 Å². The van der Waals surface area contributed by atoms with Gasteiger partial charge in [-0.2, -0.15) is 0 Å². The first kappa shape index (κ1) is 18.3. The number of hydrogen-bond donors (Lipinski definition) is 4. The van der Waals surface area contributed by atoms with Gasteiger partial charge in [-0.3, -0.25) is 9.52 Å². The number of benzene rings is 2. The quantitative estimate of drug-likeness (QED) is 0.525. The summed E-state index contributed by atoms with van der Waals surface area (Å²) in [6.45, 7) is 0. The van der Waals surface area contributed by atoms with E-state index in [1.807, 2.05) is 0 Å². The Morgan fingerprint density at radius 1 is 0.964 bits per heavy atom. The monoisotopic (exact) mass is 400 g/mol. The Bertz CT molecular complexity index is 1170. The number of H-pyrrole nitrogens is 2. The SMILES string of the molecule is O=C(NC1CCCC1)c1ccc(NS(=O)(=O)c2ccc3[nH]c(=O)[nH]c3c2)cc1. The number of aromatic nitrogens is 2. The van der Waals surface area contributed by atoms with Gasteiger partial charge >= 0.3 is 5.69 Å². The molecule has 1 aliphatic carbocycles. The summed E-state index contributed by atoms with van der Waals surface area (Å²) in [4.78, 5) is 28.7. The third kappa shape index (κ3) is 3.79. The maximum absolute atomic E-state index is 12.6. The van der Waals surface area contributed by atoms with Crippen molar-refractivity contribution in [2.75, 3.05) is 4.72 Å². The van der Waals surface area contributed by atoms with Crippen LogP contribution in [0.3, 0.4) is 0 Å². The number of aromatic amines is 2. The molecular weight excluding hydrogens is 380 g/mol. The number of fused-ring (bicyclic) bond motifs is 1. The van der Waals surface area contributed by atoms with Crippen LogP contribution in [0.4, 0.5) is 5.69 Å². The van der Waals surface area contributed by atoms with Crippen LogP contribution in [0.1, 0.15) is 36.0 Å². The topological polar surface area (TPSA) is 124 Å². The molecule has 0 saturated heterocycles. The number of hydrogen-bond acceptors (Lipinski definition) is 4. The van der Waals surface area contributed by atoms with E-state index in [0.717, 1.165) is 25.7 Å². The minimum absolute atomic E-state index is 0.0262. The third-order valence-electron chi connectivity index (χ3n) is 4.89. The minimum atomic E-state index is -3.83. The lowest BCUT2D eigenvalue weighted by Crippen LogP contribution is -2.32. The maximum atomic E-state index is 12.6. The Kier molecular flexibility index (Phi) is 4.68. The first-order valence-electron chi connectivity index (χ1n) is 9.06. The van der Waals surface area contributed by atoms with Crippen molar-refractivity contribution in [2.24, 2.45) is 0 Å². The molecule has 0 unspecified atom stereocenters. The largest absolute Gasteiger partial charge is 0.349 e. The molecule has 1 heterocycles. The lowest BCUT2D eigenvalue weighted by atomic mass is 10.1. The zero-order valence-electron chi connectivity index (χ0n) is 15.0. The molecule has 9 heteroatoms. The number of amides is 1. The molecule has 0 radical (unpaired) electrons. The van der Waals surface area contributed by atoms with E-state index in [2.05, 4.69) is 20.0 Å². The summed E-state index contributed by atoms with van der Waals surface area (Å²) in [6.07, 6.45) is 4.27. The van der Waals surface area contributed by atoms with Gasteiger partial charge in [0, 0.05) is 17.3 Å². The smallest absolute Gasteiger partial charge is 0.323 e. The molecule has 4 rings (SSSR count). The van der Waals surface area contributed by atoms with Crippen LogP contribution in [0.2, 0.25) is 0 Å². The molecule has 1 amide bonds. The molecule has 146 valence electrons. The average molecular weight is 400 g/mol. The maximum Gasteiger partial charge on any atom is 0.323 e. The molecule has 4 N–H and O–H groups in total. The fourth-order valence-electron chi connectivity index (χ4n) is 3.42. The van der Waals surface area contributed by atoms with E-state index in [4.69, 9.17) is 0 Å². The molecule has 3 aromatic rings. The average Bonchev–Trinajstić information content (AvgIpc) is 3.29. The van der Waals surface area contributed by atoms with E-state index in [-0.39, 0.29) is 16.8 Å². The lowest BCUT2D eigenvalue weighted by molar-refractivity contribution is 0.0938. The minimum Gasteiger partial charge on any atom is -0.349 e. The summed E-state index contributed by atoms with van der Waals surface area (Å²) >= 11 is 0. The number of nitrogens with one attached hydrogen (secondary N) is 4. The fraction of sp³-hybridized carbons (Fsp3) is 0.263.